The number of methoxy groups -OCH3 is 2. The van der Waals surface area contributed by atoms with E-state index in [1.165, 1.54) is 14.2 Å². The third kappa shape index (κ3) is 3.35. The number of esters is 1. The van der Waals surface area contributed by atoms with Gasteiger partial charge in [0.25, 0.3) is 0 Å². The largest absolute Gasteiger partial charge is 0.495 e. The number of benzene rings is 2. The first-order valence-electron chi connectivity index (χ1n) is 7.81. The van der Waals surface area contributed by atoms with Crippen LogP contribution >= 0.6 is 15.9 Å². The minimum atomic E-state index is -0.469. The van der Waals surface area contributed by atoms with Crippen molar-refractivity contribution in [1.29, 1.82) is 0 Å². The first-order chi connectivity index (χ1) is 11.6. The van der Waals surface area contributed by atoms with Crippen LogP contribution in [0.1, 0.15) is 29.6 Å². The van der Waals surface area contributed by atoms with Crippen LogP contribution in [0.4, 0.5) is 0 Å². The predicted molar refractivity (Wildman–Crippen MR) is 93.8 cm³/mol. The molecule has 2 aromatic carbocycles. The van der Waals surface area contributed by atoms with Crippen molar-refractivity contribution in [3.63, 3.8) is 0 Å². The zero-order valence-electron chi connectivity index (χ0n) is 13.6. The molecule has 2 aromatic rings. The van der Waals surface area contributed by atoms with Crippen molar-refractivity contribution in [2.45, 2.75) is 25.6 Å². The topological polar surface area (TPSA) is 54.0 Å². The van der Waals surface area contributed by atoms with Crippen LogP contribution in [0.3, 0.4) is 0 Å². The Hall–Kier alpha value is -1.79. The van der Waals surface area contributed by atoms with Gasteiger partial charge in [-0.2, -0.15) is 0 Å². The maximum Gasteiger partial charge on any atom is 0.341 e. The van der Waals surface area contributed by atoms with E-state index < -0.39 is 5.97 Å². The number of ether oxygens (including phenoxy) is 4. The van der Waals surface area contributed by atoms with Crippen LogP contribution in [0.15, 0.2) is 28.7 Å². The fraction of sp³-hybridized carbons (Fsp3) is 0.389. The fourth-order valence-corrected chi connectivity index (χ4v) is 3.22. The van der Waals surface area contributed by atoms with E-state index in [2.05, 4.69) is 15.9 Å². The molecule has 0 aromatic heterocycles. The second-order valence-corrected chi connectivity index (χ2v) is 6.47. The van der Waals surface area contributed by atoms with Crippen molar-refractivity contribution in [1.82, 2.24) is 0 Å². The van der Waals surface area contributed by atoms with Crippen molar-refractivity contribution >= 4 is 32.7 Å². The molecule has 0 amide bonds. The van der Waals surface area contributed by atoms with E-state index in [1.807, 2.05) is 18.2 Å². The lowest BCUT2D eigenvalue weighted by Gasteiger charge is -2.25. The Morgan fingerprint density at radius 2 is 2.04 bits per heavy atom. The van der Waals surface area contributed by atoms with Gasteiger partial charge in [-0.05, 0) is 37.1 Å². The zero-order valence-corrected chi connectivity index (χ0v) is 15.2. The molecule has 0 saturated carbocycles. The molecule has 24 heavy (non-hydrogen) atoms. The summed E-state index contributed by atoms with van der Waals surface area (Å²) in [5, 5.41) is 1.64. The van der Waals surface area contributed by atoms with Crippen molar-refractivity contribution in [2.75, 3.05) is 20.8 Å². The van der Waals surface area contributed by atoms with Crippen LogP contribution in [0.5, 0.6) is 11.5 Å². The number of carbonyl (C=O) groups excluding carboxylic acids is 1. The van der Waals surface area contributed by atoms with Gasteiger partial charge in [-0.15, -0.1) is 0 Å². The fourth-order valence-electron chi connectivity index (χ4n) is 2.86. The molecule has 3 rings (SSSR count). The second kappa shape index (κ2) is 7.40. The van der Waals surface area contributed by atoms with Crippen LogP contribution in [0.2, 0.25) is 0 Å². The minimum Gasteiger partial charge on any atom is -0.495 e. The van der Waals surface area contributed by atoms with Crippen LogP contribution in [0.25, 0.3) is 10.8 Å². The summed E-state index contributed by atoms with van der Waals surface area (Å²) < 4.78 is 22.9. The third-order valence-electron chi connectivity index (χ3n) is 4.02. The monoisotopic (exact) mass is 394 g/mol. The molecule has 1 fully saturated rings. The van der Waals surface area contributed by atoms with Crippen molar-refractivity contribution in [3.8, 4) is 11.5 Å². The average molecular weight is 395 g/mol. The molecule has 0 bridgehead atoms. The Kier molecular flexibility index (Phi) is 5.26. The molecular weight excluding hydrogens is 376 g/mol. The highest BCUT2D eigenvalue weighted by molar-refractivity contribution is 9.10. The Balaban J connectivity index is 2.14. The number of fused-ring (bicyclic) bond motifs is 1. The maximum atomic E-state index is 12.2. The number of carbonyl (C=O) groups is 1. The molecule has 1 aliphatic rings. The molecule has 1 atom stereocenters. The van der Waals surface area contributed by atoms with Gasteiger partial charge >= 0.3 is 5.97 Å². The molecule has 0 radical (unpaired) electrons. The summed E-state index contributed by atoms with van der Waals surface area (Å²) in [7, 11) is 2.88. The van der Waals surface area contributed by atoms with Gasteiger partial charge in [0, 0.05) is 21.7 Å². The molecule has 1 heterocycles. The van der Waals surface area contributed by atoms with Crippen LogP contribution in [-0.4, -0.2) is 33.1 Å². The molecule has 1 saturated heterocycles. The Morgan fingerprint density at radius 3 is 2.71 bits per heavy atom. The van der Waals surface area contributed by atoms with Gasteiger partial charge in [0.05, 0.1) is 20.8 Å². The summed E-state index contributed by atoms with van der Waals surface area (Å²) in [6, 6.07) is 7.42. The molecule has 5 nitrogen and oxygen atoms in total. The van der Waals surface area contributed by atoms with E-state index in [9.17, 15) is 4.79 Å². The van der Waals surface area contributed by atoms with E-state index in [4.69, 9.17) is 18.9 Å². The lowest BCUT2D eigenvalue weighted by molar-refractivity contribution is -0.105. The molecule has 6 heteroatoms. The van der Waals surface area contributed by atoms with E-state index in [0.29, 0.717) is 23.7 Å². The molecule has 128 valence electrons. The van der Waals surface area contributed by atoms with Crippen molar-refractivity contribution in [3.05, 3.63) is 34.3 Å². The number of rotatable bonds is 4. The molecule has 0 aliphatic carbocycles. The zero-order chi connectivity index (χ0) is 17.1. The van der Waals surface area contributed by atoms with Gasteiger partial charge < -0.3 is 18.9 Å². The molecule has 0 N–H and O–H groups in total. The lowest BCUT2D eigenvalue weighted by Crippen LogP contribution is -2.25. The SMILES string of the molecule is COC(=O)c1cc(OC2CCCCO2)c2ccc(Br)cc2c1OC. The van der Waals surface area contributed by atoms with Gasteiger partial charge in [-0.25, -0.2) is 4.79 Å². The van der Waals surface area contributed by atoms with Crippen LogP contribution in [0, 0.1) is 0 Å². The third-order valence-corrected chi connectivity index (χ3v) is 4.51. The molecular formula is C18H19BrO5. The quantitative estimate of drug-likeness (QED) is 0.723. The molecule has 1 unspecified atom stereocenters. The van der Waals surface area contributed by atoms with Gasteiger partial charge in [0.15, 0.2) is 6.29 Å². The Labute approximate surface area is 149 Å². The smallest absolute Gasteiger partial charge is 0.341 e. The van der Waals surface area contributed by atoms with Gasteiger partial charge in [-0.1, -0.05) is 15.9 Å². The summed E-state index contributed by atoms with van der Waals surface area (Å²) in [5.74, 6) is 0.587. The first kappa shape index (κ1) is 17.0. The predicted octanol–water partition coefficient (Wildman–Crippen LogP) is 4.30. The standard InChI is InChI=1S/C18H19BrO5/c1-21-17-13-9-11(19)6-7-12(13)15(10-14(17)18(20)22-2)24-16-5-3-4-8-23-16/h6-7,9-10,16H,3-5,8H2,1-2H3. The highest BCUT2D eigenvalue weighted by Gasteiger charge is 2.23. The summed E-state index contributed by atoms with van der Waals surface area (Å²) in [5.41, 5.74) is 0.330. The normalized spacial score (nSPS) is 17.5. The molecule has 0 spiro atoms. The Morgan fingerprint density at radius 1 is 1.21 bits per heavy atom. The summed E-state index contributed by atoms with van der Waals surface area (Å²) in [4.78, 5) is 12.2. The highest BCUT2D eigenvalue weighted by Crippen LogP contribution is 2.39. The van der Waals surface area contributed by atoms with E-state index >= 15 is 0 Å². The van der Waals surface area contributed by atoms with Gasteiger partial charge in [0.2, 0.25) is 0 Å². The maximum absolute atomic E-state index is 12.2. The second-order valence-electron chi connectivity index (χ2n) is 5.55. The summed E-state index contributed by atoms with van der Waals surface area (Å²) >= 11 is 3.46. The summed E-state index contributed by atoms with van der Waals surface area (Å²) in [6.07, 6.45) is 2.64. The highest BCUT2D eigenvalue weighted by atomic mass is 79.9. The minimum absolute atomic E-state index is 0.301. The number of halogens is 1. The average Bonchev–Trinajstić information content (AvgIpc) is 2.61. The van der Waals surface area contributed by atoms with Crippen molar-refractivity contribution < 1.29 is 23.7 Å². The Bertz CT molecular complexity index is 753. The first-order valence-corrected chi connectivity index (χ1v) is 8.60. The van der Waals surface area contributed by atoms with E-state index in [0.717, 1.165) is 34.5 Å². The lowest BCUT2D eigenvalue weighted by atomic mass is 10.0. The van der Waals surface area contributed by atoms with Crippen molar-refractivity contribution in [2.24, 2.45) is 0 Å². The number of hydrogen-bond acceptors (Lipinski definition) is 5. The molecule has 1 aliphatic heterocycles. The van der Waals surface area contributed by atoms with Gasteiger partial charge in [0.1, 0.15) is 17.1 Å². The van der Waals surface area contributed by atoms with Gasteiger partial charge in [-0.3, -0.25) is 0 Å². The van der Waals surface area contributed by atoms with E-state index in [-0.39, 0.29) is 6.29 Å². The van der Waals surface area contributed by atoms with Crippen LogP contribution < -0.4 is 9.47 Å². The summed E-state index contributed by atoms with van der Waals surface area (Å²) in [6.45, 7) is 0.689. The van der Waals surface area contributed by atoms with Crippen LogP contribution in [-0.2, 0) is 9.47 Å². The number of hydrogen-bond donors (Lipinski definition) is 0. The van der Waals surface area contributed by atoms with E-state index in [1.54, 1.807) is 6.07 Å².